The van der Waals surface area contributed by atoms with E-state index in [1.165, 1.54) is 30.4 Å². The first-order chi connectivity index (χ1) is 9.04. The summed E-state index contributed by atoms with van der Waals surface area (Å²) in [6, 6.07) is 0. The van der Waals surface area contributed by atoms with Crippen LogP contribution in [-0.2, 0) is 20.3 Å². The lowest BCUT2D eigenvalue weighted by Gasteiger charge is -2.07. The van der Waals surface area contributed by atoms with Crippen LogP contribution < -0.4 is 0 Å². The summed E-state index contributed by atoms with van der Waals surface area (Å²) >= 11 is 0. The predicted octanol–water partition coefficient (Wildman–Crippen LogP) is 0.309. The highest BCUT2D eigenvalue weighted by Gasteiger charge is 2.23. The van der Waals surface area contributed by atoms with Gasteiger partial charge in [0.2, 0.25) is 0 Å². The Morgan fingerprint density at radius 1 is 1.32 bits per heavy atom. The molecule has 2 aromatic heterocycles. The molecule has 0 aliphatic rings. The minimum absolute atomic E-state index is 0.245. The lowest BCUT2D eigenvalue weighted by molar-refractivity contribution is 0.185. The molecule has 0 atom stereocenters. The van der Waals surface area contributed by atoms with Gasteiger partial charge in [-0.1, -0.05) is 0 Å². The Balaban J connectivity index is 2.53. The highest BCUT2D eigenvalue weighted by Crippen LogP contribution is 2.21. The molecule has 8 nitrogen and oxygen atoms in total. The molecule has 0 saturated carbocycles. The Labute approximate surface area is 113 Å². The van der Waals surface area contributed by atoms with Crippen molar-refractivity contribution in [3.8, 4) is 11.4 Å². The summed E-state index contributed by atoms with van der Waals surface area (Å²) in [6.45, 7) is 0.535. The van der Waals surface area contributed by atoms with Crippen molar-refractivity contribution >= 4 is 19.7 Å². The van der Waals surface area contributed by atoms with Gasteiger partial charge in [-0.15, -0.1) is 10.2 Å². The zero-order valence-corrected chi connectivity index (χ0v) is 11.5. The average molecular weight is 304 g/mol. The van der Waals surface area contributed by atoms with Crippen LogP contribution in [0.2, 0.25) is 0 Å². The lowest BCUT2D eigenvalue weighted by atomic mass is 10.3. The quantitative estimate of drug-likeness (QED) is 0.733. The van der Waals surface area contributed by atoms with E-state index in [4.69, 9.17) is 15.4 Å². The van der Waals surface area contributed by atoms with Crippen molar-refractivity contribution in [2.75, 3.05) is 13.7 Å². The molecule has 0 unspecified atom stereocenters. The van der Waals surface area contributed by atoms with Crippen LogP contribution in [-0.4, -0.2) is 46.9 Å². The van der Waals surface area contributed by atoms with Gasteiger partial charge in [0.1, 0.15) is 6.33 Å². The number of methoxy groups -OCH3 is 1. The molecule has 2 rings (SSSR count). The van der Waals surface area contributed by atoms with Crippen molar-refractivity contribution in [1.29, 1.82) is 0 Å². The first-order valence-corrected chi connectivity index (χ1v) is 7.47. The van der Waals surface area contributed by atoms with Gasteiger partial charge in [0.25, 0.3) is 14.2 Å². The van der Waals surface area contributed by atoms with Gasteiger partial charge in [-0.3, -0.25) is 4.57 Å². The zero-order chi connectivity index (χ0) is 13.9. The molecule has 2 heterocycles. The maximum Gasteiger partial charge on any atom is 0.296 e. The maximum absolute atomic E-state index is 11.4. The van der Waals surface area contributed by atoms with Crippen LogP contribution in [0.3, 0.4) is 0 Å². The van der Waals surface area contributed by atoms with Crippen molar-refractivity contribution in [2.24, 2.45) is 0 Å². The molecule has 0 fully saturated rings. The minimum atomic E-state index is -3.99. The Morgan fingerprint density at radius 2 is 2.00 bits per heavy atom. The minimum Gasteiger partial charge on any atom is -0.383 e. The third-order valence-electron chi connectivity index (χ3n) is 2.27. The van der Waals surface area contributed by atoms with E-state index in [0.29, 0.717) is 11.4 Å². The van der Waals surface area contributed by atoms with Crippen LogP contribution in [0, 0.1) is 0 Å². The third kappa shape index (κ3) is 3.06. The van der Waals surface area contributed by atoms with Gasteiger partial charge in [0.15, 0.2) is 5.82 Å². The van der Waals surface area contributed by atoms with Crippen molar-refractivity contribution in [3.63, 3.8) is 0 Å². The number of ether oxygens (including phenoxy) is 1. The second-order valence-corrected chi connectivity index (χ2v) is 5.98. The van der Waals surface area contributed by atoms with E-state index in [1.54, 1.807) is 0 Å². The molecule has 102 valence electrons. The van der Waals surface area contributed by atoms with E-state index >= 15 is 0 Å². The number of halogens is 1. The van der Waals surface area contributed by atoms with E-state index < -0.39 is 9.05 Å². The van der Waals surface area contributed by atoms with Crippen LogP contribution in [0.4, 0.5) is 0 Å². The molecule has 0 radical (unpaired) electrons. The molecule has 0 aliphatic heterocycles. The Morgan fingerprint density at radius 3 is 2.58 bits per heavy atom. The summed E-state index contributed by atoms with van der Waals surface area (Å²) in [5, 5.41) is 7.09. The SMILES string of the molecule is COCCn1c(-c2cncnc2)nnc1S(=O)(=O)Cl. The molecule has 2 aromatic rings. The van der Waals surface area contributed by atoms with E-state index in [-0.39, 0.29) is 18.3 Å². The summed E-state index contributed by atoms with van der Waals surface area (Å²) in [6.07, 6.45) is 4.37. The summed E-state index contributed by atoms with van der Waals surface area (Å²) in [5.74, 6) is 0.317. The molecule has 0 bridgehead atoms. The maximum atomic E-state index is 11.4. The standard InChI is InChI=1S/C9H10ClN5O3S/c1-18-3-2-15-8(7-4-11-6-12-5-7)13-14-9(15)19(10,16)17/h4-6H,2-3H2,1H3. The molecular weight excluding hydrogens is 294 g/mol. The smallest absolute Gasteiger partial charge is 0.296 e. The molecule has 0 aromatic carbocycles. The number of hydrogen-bond acceptors (Lipinski definition) is 7. The van der Waals surface area contributed by atoms with Gasteiger partial charge >= 0.3 is 0 Å². The molecule has 0 amide bonds. The monoisotopic (exact) mass is 303 g/mol. The molecule has 0 saturated heterocycles. The van der Waals surface area contributed by atoms with Crippen LogP contribution in [0.5, 0.6) is 0 Å². The zero-order valence-electron chi connectivity index (χ0n) is 9.89. The van der Waals surface area contributed by atoms with Crippen molar-refractivity contribution in [3.05, 3.63) is 18.7 Å². The summed E-state index contributed by atoms with van der Waals surface area (Å²) in [5.41, 5.74) is 0.540. The summed E-state index contributed by atoms with van der Waals surface area (Å²) in [4.78, 5) is 7.70. The first kappa shape index (κ1) is 13.8. The van der Waals surface area contributed by atoms with E-state index in [0.717, 1.165) is 0 Å². The van der Waals surface area contributed by atoms with Gasteiger partial charge in [0, 0.05) is 30.2 Å². The molecule has 19 heavy (non-hydrogen) atoms. The Kier molecular flexibility index (Phi) is 4.08. The van der Waals surface area contributed by atoms with Crippen LogP contribution >= 0.6 is 10.7 Å². The van der Waals surface area contributed by atoms with Crippen LogP contribution in [0.1, 0.15) is 0 Å². The van der Waals surface area contributed by atoms with E-state index in [9.17, 15) is 8.42 Å². The van der Waals surface area contributed by atoms with Gasteiger partial charge in [0.05, 0.1) is 18.7 Å². The number of aromatic nitrogens is 5. The van der Waals surface area contributed by atoms with Crippen molar-refractivity contribution in [2.45, 2.75) is 11.7 Å². The molecular formula is C9H10ClN5O3S. The Hall–Kier alpha value is -1.58. The fourth-order valence-corrected chi connectivity index (χ4v) is 2.40. The molecule has 10 heteroatoms. The fourth-order valence-electron chi connectivity index (χ4n) is 1.48. The predicted molar refractivity (Wildman–Crippen MR) is 66.0 cm³/mol. The average Bonchev–Trinajstić information content (AvgIpc) is 2.81. The van der Waals surface area contributed by atoms with Crippen LogP contribution in [0.15, 0.2) is 23.9 Å². The van der Waals surface area contributed by atoms with Gasteiger partial charge in [-0.05, 0) is 0 Å². The number of nitrogens with zero attached hydrogens (tertiary/aromatic N) is 5. The largest absolute Gasteiger partial charge is 0.383 e. The highest BCUT2D eigenvalue weighted by molar-refractivity contribution is 8.13. The summed E-state index contributed by atoms with van der Waals surface area (Å²) in [7, 11) is 2.84. The number of hydrogen-bond donors (Lipinski definition) is 0. The van der Waals surface area contributed by atoms with Crippen molar-refractivity contribution < 1.29 is 13.2 Å². The number of rotatable bonds is 5. The van der Waals surface area contributed by atoms with Gasteiger partial charge < -0.3 is 4.74 Å². The normalized spacial score (nSPS) is 11.7. The molecule has 0 spiro atoms. The van der Waals surface area contributed by atoms with E-state index in [2.05, 4.69) is 20.2 Å². The summed E-state index contributed by atoms with van der Waals surface area (Å²) < 4.78 is 29.1. The second kappa shape index (κ2) is 5.59. The van der Waals surface area contributed by atoms with Crippen molar-refractivity contribution in [1.82, 2.24) is 24.7 Å². The highest BCUT2D eigenvalue weighted by atomic mass is 35.7. The second-order valence-electron chi connectivity index (χ2n) is 3.52. The van der Waals surface area contributed by atoms with Gasteiger partial charge in [-0.25, -0.2) is 18.4 Å². The lowest BCUT2D eigenvalue weighted by Crippen LogP contribution is -2.11. The first-order valence-electron chi connectivity index (χ1n) is 5.16. The van der Waals surface area contributed by atoms with Gasteiger partial charge in [-0.2, -0.15) is 0 Å². The fraction of sp³-hybridized carbons (Fsp3) is 0.333. The van der Waals surface area contributed by atoms with E-state index in [1.807, 2.05) is 0 Å². The topological polar surface area (TPSA) is 99.9 Å². The third-order valence-corrected chi connectivity index (χ3v) is 3.42. The molecule has 0 aliphatic carbocycles. The Bertz CT molecular complexity index is 658. The molecule has 0 N–H and O–H groups in total. The van der Waals surface area contributed by atoms with Crippen LogP contribution in [0.25, 0.3) is 11.4 Å².